The second kappa shape index (κ2) is 13.8. The number of likely N-dealkylation sites (tertiary alicyclic amines) is 2. The number of carbonyl (C=O) groups is 3. The maximum Gasteiger partial charge on any atom is 0.324 e. The highest BCUT2D eigenvalue weighted by atomic mass is 19.1. The Hall–Kier alpha value is -4.94. The van der Waals surface area contributed by atoms with Crippen LogP contribution in [0.5, 0.6) is 0 Å². The molecule has 4 aromatic rings. The Morgan fingerprint density at radius 2 is 1.68 bits per heavy atom. The lowest BCUT2D eigenvalue weighted by molar-refractivity contribution is -0.180. The number of hydrogen-bond donors (Lipinski definition) is 1. The number of β-amino-alcohol motifs (C(OH)–C–C–N with tert-alkyl or cyclic N) is 1. The molecule has 1 N–H and O–H groups in total. The van der Waals surface area contributed by atoms with Gasteiger partial charge in [-0.1, -0.05) is 65.8 Å². The van der Waals surface area contributed by atoms with Crippen LogP contribution in [0.15, 0.2) is 77.3 Å². The minimum Gasteiger partial charge on any atom is -0.428 e. The maximum absolute atomic E-state index is 14.9. The van der Waals surface area contributed by atoms with Gasteiger partial charge in [-0.05, 0) is 42.5 Å². The van der Waals surface area contributed by atoms with Crippen LogP contribution in [-0.2, 0) is 30.4 Å². The number of carbonyl (C=O) groups excluding carboxylic acids is 3. The number of amides is 1. The average Bonchev–Trinajstić information content (AvgIpc) is 3.75. The van der Waals surface area contributed by atoms with Crippen molar-refractivity contribution in [3.05, 3.63) is 84.2 Å². The van der Waals surface area contributed by atoms with Crippen LogP contribution >= 0.6 is 0 Å². The highest BCUT2D eigenvalue weighted by molar-refractivity contribution is 6.03. The molecule has 0 radical (unpaired) electrons. The minimum atomic E-state index is -1.41. The summed E-state index contributed by atoms with van der Waals surface area (Å²) in [4.78, 5) is 46.1. The summed E-state index contributed by atoms with van der Waals surface area (Å²) >= 11 is 0. The lowest BCUT2D eigenvalue weighted by atomic mass is 9.76. The third kappa shape index (κ3) is 7.08. The molecule has 2 fully saturated rings. The summed E-state index contributed by atoms with van der Waals surface area (Å²) in [6.45, 7) is 2.70. The number of esters is 2. The van der Waals surface area contributed by atoms with Crippen LogP contribution in [0.2, 0.25) is 0 Å². The molecule has 2 aliphatic heterocycles. The van der Waals surface area contributed by atoms with Gasteiger partial charge in [0.25, 0.3) is 5.89 Å². The number of aliphatic hydroxyl groups excluding tert-OH is 1. The monoisotopic (exact) mass is 642 g/mol. The van der Waals surface area contributed by atoms with Gasteiger partial charge in [-0.25, -0.2) is 4.39 Å². The van der Waals surface area contributed by atoms with E-state index >= 15 is 0 Å². The molecule has 0 bridgehead atoms. The highest BCUT2D eigenvalue weighted by Crippen LogP contribution is 2.37. The number of piperidine rings is 1. The van der Waals surface area contributed by atoms with E-state index in [-0.39, 0.29) is 37.0 Å². The topological polar surface area (TPSA) is 135 Å². The van der Waals surface area contributed by atoms with Crippen molar-refractivity contribution in [2.75, 3.05) is 33.0 Å². The van der Waals surface area contributed by atoms with E-state index in [9.17, 15) is 23.9 Å². The van der Waals surface area contributed by atoms with Crippen LogP contribution < -0.4 is 0 Å². The summed E-state index contributed by atoms with van der Waals surface area (Å²) in [5.41, 5.74) is 2.08. The van der Waals surface area contributed by atoms with E-state index < -0.39 is 30.3 Å². The second-order valence-electron chi connectivity index (χ2n) is 11.9. The molecular weight excluding hydrogens is 607 g/mol. The Balaban J connectivity index is 1.09. The number of ether oxygens (including phenoxy) is 2. The first-order valence-corrected chi connectivity index (χ1v) is 15.5. The highest BCUT2D eigenvalue weighted by Gasteiger charge is 2.52. The van der Waals surface area contributed by atoms with Gasteiger partial charge in [0.05, 0.1) is 6.10 Å². The van der Waals surface area contributed by atoms with E-state index in [1.807, 2.05) is 54.6 Å². The number of hydrogen-bond acceptors (Lipinski definition) is 10. The molecule has 6 rings (SSSR count). The van der Waals surface area contributed by atoms with Gasteiger partial charge in [0, 0.05) is 56.3 Å². The molecule has 0 spiro atoms. The van der Waals surface area contributed by atoms with Gasteiger partial charge in [0.15, 0.2) is 0 Å². The van der Waals surface area contributed by atoms with E-state index in [0.717, 1.165) is 16.7 Å². The lowest BCUT2D eigenvalue weighted by Crippen LogP contribution is -2.54. The molecule has 3 aromatic carbocycles. The molecule has 47 heavy (non-hydrogen) atoms. The third-order valence-electron chi connectivity index (χ3n) is 8.76. The summed E-state index contributed by atoms with van der Waals surface area (Å²) in [6, 6.07) is 21.8. The van der Waals surface area contributed by atoms with E-state index in [4.69, 9.17) is 14.0 Å². The van der Waals surface area contributed by atoms with Crippen molar-refractivity contribution in [1.29, 1.82) is 0 Å². The van der Waals surface area contributed by atoms with Crippen molar-refractivity contribution in [2.45, 2.75) is 38.8 Å². The van der Waals surface area contributed by atoms with Gasteiger partial charge in [-0.15, -0.1) is 0 Å². The Morgan fingerprint density at radius 1 is 0.957 bits per heavy atom. The zero-order valence-electron chi connectivity index (χ0n) is 25.9. The van der Waals surface area contributed by atoms with Crippen LogP contribution in [0.1, 0.15) is 31.7 Å². The molecular formula is C35H35FN4O7. The van der Waals surface area contributed by atoms with Gasteiger partial charge >= 0.3 is 11.9 Å². The molecule has 1 unspecified atom stereocenters. The minimum absolute atomic E-state index is 0.174. The number of halogens is 1. The molecule has 1 amide bonds. The Bertz CT molecular complexity index is 1740. The van der Waals surface area contributed by atoms with Crippen molar-refractivity contribution < 1.29 is 37.9 Å². The maximum atomic E-state index is 14.9. The van der Waals surface area contributed by atoms with Gasteiger partial charge in [-0.2, -0.15) is 4.98 Å². The SMILES string of the molecule is CC(=O)OCOC(=O)C1(C(=O)N2CCC(O)C2)CCN(Cc2ccc(-c3noc(-c4ccc(-c5ccccc5)c(F)c4)n3)cc2)CC1. The summed E-state index contributed by atoms with van der Waals surface area (Å²) < 4.78 is 30.4. The van der Waals surface area contributed by atoms with Gasteiger partial charge in [0.1, 0.15) is 11.2 Å². The number of benzene rings is 3. The van der Waals surface area contributed by atoms with Crippen molar-refractivity contribution >= 4 is 17.8 Å². The molecule has 2 aliphatic rings. The summed E-state index contributed by atoms with van der Waals surface area (Å²) in [6.07, 6.45) is 0.296. The second-order valence-corrected chi connectivity index (χ2v) is 11.9. The van der Waals surface area contributed by atoms with Gasteiger partial charge in [0.2, 0.25) is 18.5 Å². The van der Waals surface area contributed by atoms with Crippen molar-refractivity contribution in [3.8, 4) is 34.0 Å². The third-order valence-corrected chi connectivity index (χ3v) is 8.76. The average molecular weight is 643 g/mol. The lowest BCUT2D eigenvalue weighted by Gasteiger charge is -2.40. The predicted octanol–water partition coefficient (Wildman–Crippen LogP) is 4.45. The van der Waals surface area contributed by atoms with Crippen LogP contribution in [-0.4, -0.2) is 82.0 Å². The zero-order chi connectivity index (χ0) is 33.0. The molecule has 0 aliphatic carbocycles. The van der Waals surface area contributed by atoms with Crippen LogP contribution in [0.25, 0.3) is 34.0 Å². The summed E-state index contributed by atoms with van der Waals surface area (Å²) in [5.74, 6) is -1.47. The fraction of sp³-hybridized carbons (Fsp3) is 0.343. The van der Waals surface area contributed by atoms with E-state index in [0.29, 0.717) is 49.6 Å². The predicted molar refractivity (Wildman–Crippen MR) is 167 cm³/mol. The Kier molecular flexibility index (Phi) is 9.41. The van der Waals surface area contributed by atoms with Crippen LogP contribution in [0, 0.1) is 11.2 Å². The Labute approximate surface area is 270 Å². The van der Waals surface area contributed by atoms with E-state index in [1.165, 1.54) is 17.9 Å². The first-order chi connectivity index (χ1) is 22.7. The first kappa shape index (κ1) is 32.0. The number of nitrogens with zero attached hydrogens (tertiary/aromatic N) is 4. The fourth-order valence-electron chi connectivity index (χ4n) is 6.11. The van der Waals surface area contributed by atoms with Crippen molar-refractivity contribution in [3.63, 3.8) is 0 Å². The van der Waals surface area contributed by atoms with Gasteiger partial charge < -0.3 is 24.0 Å². The molecule has 11 nitrogen and oxygen atoms in total. The molecule has 1 aromatic heterocycles. The normalized spacial score (nSPS) is 17.8. The molecule has 0 saturated carbocycles. The number of aromatic nitrogens is 2. The largest absolute Gasteiger partial charge is 0.428 e. The van der Waals surface area contributed by atoms with E-state index in [1.54, 1.807) is 12.1 Å². The molecule has 2 saturated heterocycles. The quantitative estimate of drug-likeness (QED) is 0.159. The fourth-order valence-corrected chi connectivity index (χ4v) is 6.11. The zero-order valence-corrected chi connectivity index (χ0v) is 25.9. The molecule has 12 heteroatoms. The standard InChI is InChI=1S/C35H35FN4O7/c1-23(41)45-22-46-34(44)35(33(43)40-16-13-28(42)21-40)14-17-39(18-15-35)20-24-7-9-26(10-8-24)31-37-32(47-38-31)27-11-12-29(30(36)19-27)25-5-3-2-4-6-25/h2-12,19,28,42H,13-18,20-22H2,1H3. The molecule has 244 valence electrons. The van der Waals surface area contributed by atoms with E-state index in [2.05, 4.69) is 15.0 Å². The summed E-state index contributed by atoms with van der Waals surface area (Å²) in [7, 11) is 0. The van der Waals surface area contributed by atoms with Crippen LogP contribution in [0.4, 0.5) is 4.39 Å². The smallest absolute Gasteiger partial charge is 0.324 e. The summed E-state index contributed by atoms with van der Waals surface area (Å²) in [5, 5.41) is 14.1. The van der Waals surface area contributed by atoms with Gasteiger partial charge in [-0.3, -0.25) is 19.3 Å². The molecule has 1 atom stereocenters. The first-order valence-electron chi connectivity index (χ1n) is 15.5. The number of aliphatic hydroxyl groups is 1. The number of rotatable bonds is 9. The Morgan fingerprint density at radius 3 is 2.34 bits per heavy atom. The van der Waals surface area contributed by atoms with Crippen molar-refractivity contribution in [1.82, 2.24) is 19.9 Å². The molecule has 3 heterocycles. The van der Waals surface area contributed by atoms with Crippen LogP contribution in [0.3, 0.4) is 0 Å². The van der Waals surface area contributed by atoms with Crippen molar-refractivity contribution in [2.24, 2.45) is 5.41 Å².